The second kappa shape index (κ2) is 10.0. The number of anilines is 1. The van der Waals surface area contributed by atoms with E-state index >= 15 is 0 Å². The van der Waals surface area contributed by atoms with Crippen molar-refractivity contribution in [2.24, 2.45) is 4.99 Å². The molecular weight excluding hydrogens is 382 g/mol. The number of esters is 1. The van der Waals surface area contributed by atoms with Crippen molar-refractivity contribution < 1.29 is 19.1 Å². The van der Waals surface area contributed by atoms with Crippen LogP contribution in [0, 0.1) is 13.8 Å². The van der Waals surface area contributed by atoms with Crippen molar-refractivity contribution in [1.82, 2.24) is 5.32 Å². The van der Waals surface area contributed by atoms with Crippen LogP contribution in [0.4, 0.5) is 5.69 Å². The van der Waals surface area contributed by atoms with Gasteiger partial charge in [-0.25, -0.2) is 9.79 Å². The van der Waals surface area contributed by atoms with E-state index in [1.807, 2.05) is 32.0 Å². The number of rotatable bonds is 5. The molecule has 0 unspecified atom stereocenters. The van der Waals surface area contributed by atoms with Gasteiger partial charge in [0.05, 0.1) is 25.3 Å². The van der Waals surface area contributed by atoms with E-state index in [1.165, 1.54) is 7.11 Å². The maximum absolute atomic E-state index is 12.8. The van der Waals surface area contributed by atoms with E-state index in [1.54, 1.807) is 24.3 Å². The Bertz CT molecular complexity index is 932. The van der Waals surface area contributed by atoms with E-state index in [9.17, 15) is 9.59 Å². The van der Waals surface area contributed by atoms with E-state index in [-0.39, 0.29) is 12.0 Å². The van der Waals surface area contributed by atoms with Crippen molar-refractivity contribution >= 4 is 23.5 Å². The molecule has 2 N–H and O–H groups in total. The average molecular weight is 409 g/mol. The Kier molecular flexibility index (Phi) is 7.19. The molecule has 1 amide bonds. The monoisotopic (exact) mass is 409 g/mol. The summed E-state index contributed by atoms with van der Waals surface area (Å²) in [5.41, 5.74) is 3.90. The van der Waals surface area contributed by atoms with Crippen LogP contribution in [0.25, 0.3) is 0 Å². The molecular formula is C23H27N3O4. The maximum Gasteiger partial charge on any atom is 0.337 e. The fourth-order valence-corrected chi connectivity index (χ4v) is 3.16. The quantitative estimate of drug-likeness (QED) is 0.448. The van der Waals surface area contributed by atoms with Crippen molar-refractivity contribution in [3.05, 3.63) is 64.7 Å². The molecule has 1 atom stereocenters. The molecule has 158 valence electrons. The molecule has 0 bridgehead atoms. The highest BCUT2D eigenvalue weighted by molar-refractivity contribution is 6.10. The van der Waals surface area contributed by atoms with Crippen molar-refractivity contribution in [3.63, 3.8) is 0 Å². The molecule has 7 nitrogen and oxygen atoms in total. The zero-order valence-corrected chi connectivity index (χ0v) is 17.5. The van der Waals surface area contributed by atoms with Crippen LogP contribution in [0.5, 0.6) is 0 Å². The predicted octanol–water partition coefficient (Wildman–Crippen LogP) is 3.47. The van der Waals surface area contributed by atoms with Gasteiger partial charge in [-0.2, -0.15) is 0 Å². The van der Waals surface area contributed by atoms with Crippen LogP contribution < -0.4 is 10.6 Å². The Hall–Kier alpha value is -3.19. The lowest BCUT2D eigenvalue weighted by molar-refractivity contribution is 0.0600. The Morgan fingerprint density at radius 1 is 1.13 bits per heavy atom. The first-order chi connectivity index (χ1) is 14.5. The average Bonchev–Trinajstić information content (AvgIpc) is 3.28. The number of aryl methyl sites for hydroxylation is 1. The second-order valence-electron chi connectivity index (χ2n) is 7.22. The molecule has 0 aliphatic carbocycles. The summed E-state index contributed by atoms with van der Waals surface area (Å²) in [6, 6.07) is 12.2. The van der Waals surface area contributed by atoms with Gasteiger partial charge in [0.25, 0.3) is 5.91 Å². The third-order valence-electron chi connectivity index (χ3n) is 5.13. The highest BCUT2D eigenvalue weighted by Crippen LogP contribution is 2.18. The minimum atomic E-state index is -0.447. The van der Waals surface area contributed by atoms with Gasteiger partial charge in [-0.05, 0) is 68.1 Å². The number of guanidine groups is 1. The Balaban J connectivity index is 1.77. The van der Waals surface area contributed by atoms with Crippen LogP contribution in [-0.2, 0) is 9.47 Å². The molecule has 0 aromatic heterocycles. The van der Waals surface area contributed by atoms with Gasteiger partial charge in [-0.3, -0.25) is 10.1 Å². The number of benzene rings is 2. The Morgan fingerprint density at radius 2 is 1.87 bits per heavy atom. The molecule has 0 spiro atoms. The lowest BCUT2D eigenvalue weighted by Crippen LogP contribution is -2.37. The predicted molar refractivity (Wildman–Crippen MR) is 116 cm³/mol. The van der Waals surface area contributed by atoms with Crippen molar-refractivity contribution in [3.8, 4) is 0 Å². The minimum Gasteiger partial charge on any atom is -0.465 e. The number of aliphatic imine (C=N–C) groups is 1. The van der Waals surface area contributed by atoms with Gasteiger partial charge in [0.1, 0.15) is 0 Å². The summed E-state index contributed by atoms with van der Waals surface area (Å²) >= 11 is 0. The molecule has 1 aliphatic heterocycles. The van der Waals surface area contributed by atoms with Crippen LogP contribution in [-0.4, -0.2) is 44.2 Å². The summed E-state index contributed by atoms with van der Waals surface area (Å²) in [6.45, 7) is 5.27. The number of hydrogen-bond donors (Lipinski definition) is 2. The number of carbonyl (C=O) groups is 2. The standard InChI is InChI=1S/C23H27N3O4/c1-15-6-4-8-20(16(15)2)25-23(24-14-19-7-5-13-30-19)26-21(27)17-9-11-18(12-10-17)22(28)29-3/h4,6,8-12,19H,5,7,13-14H2,1-3H3,(H2,24,25,26,27)/t19-/m0/s1. The van der Waals surface area contributed by atoms with Crippen LogP contribution in [0.3, 0.4) is 0 Å². The van der Waals surface area contributed by atoms with Crippen molar-refractivity contribution in [2.75, 3.05) is 25.6 Å². The van der Waals surface area contributed by atoms with Gasteiger partial charge in [0.15, 0.2) is 0 Å². The van der Waals surface area contributed by atoms with Gasteiger partial charge in [-0.1, -0.05) is 12.1 Å². The largest absolute Gasteiger partial charge is 0.465 e. The molecule has 1 fully saturated rings. The van der Waals surface area contributed by atoms with E-state index in [0.29, 0.717) is 23.6 Å². The first-order valence-electron chi connectivity index (χ1n) is 9.97. The Labute approximate surface area is 176 Å². The van der Waals surface area contributed by atoms with Crippen LogP contribution >= 0.6 is 0 Å². The van der Waals surface area contributed by atoms with E-state index in [2.05, 4.69) is 20.4 Å². The van der Waals surface area contributed by atoms with Gasteiger partial charge in [0.2, 0.25) is 5.96 Å². The zero-order chi connectivity index (χ0) is 21.5. The molecule has 30 heavy (non-hydrogen) atoms. The van der Waals surface area contributed by atoms with Gasteiger partial charge < -0.3 is 14.8 Å². The molecule has 2 aromatic carbocycles. The molecule has 7 heteroatoms. The normalized spacial score (nSPS) is 16.2. The summed E-state index contributed by atoms with van der Waals surface area (Å²) in [5.74, 6) is -0.408. The molecule has 0 saturated carbocycles. The highest BCUT2D eigenvalue weighted by atomic mass is 16.5. The van der Waals surface area contributed by atoms with E-state index in [0.717, 1.165) is 36.3 Å². The van der Waals surface area contributed by atoms with E-state index < -0.39 is 5.97 Å². The van der Waals surface area contributed by atoms with Crippen LogP contribution in [0.1, 0.15) is 44.7 Å². The third kappa shape index (κ3) is 5.45. The lowest BCUT2D eigenvalue weighted by atomic mass is 10.1. The summed E-state index contributed by atoms with van der Waals surface area (Å²) in [6.07, 6.45) is 2.05. The van der Waals surface area contributed by atoms with Gasteiger partial charge >= 0.3 is 5.97 Å². The fraction of sp³-hybridized carbons (Fsp3) is 0.348. The maximum atomic E-state index is 12.8. The smallest absolute Gasteiger partial charge is 0.337 e. The summed E-state index contributed by atoms with van der Waals surface area (Å²) in [5, 5.41) is 6.08. The fourth-order valence-electron chi connectivity index (χ4n) is 3.16. The summed E-state index contributed by atoms with van der Waals surface area (Å²) < 4.78 is 10.3. The van der Waals surface area contributed by atoms with Gasteiger partial charge in [-0.15, -0.1) is 0 Å². The number of hydrogen-bond acceptors (Lipinski definition) is 5. The molecule has 1 aliphatic rings. The SMILES string of the molecule is COC(=O)c1ccc(C(=O)NC(=NC[C@@H]2CCCO2)Nc2cccc(C)c2C)cc1. The Morgan fingerprint density at radius 3 is 2.53 bits per heavy atom. The lowest BCUT2D eigenvalue weighted by Gasteiger charge is -2.16. The van der Waals surface area contributed by atoms with Crippen molar-refractivity contribution in [2.45, 2.75) is 32.8 Å². The molecule has 3 rings (SSSR count). The minimum absolute atomic E-state index is 0.0663. The summed E-state index contributed by atoms with van der Waals surface area (Å²) in [4.78, 5) is 28.9. The number of amides is 1. The van der Waals surface area contributed by atoms with E-state index in [4.69, 9.17) is 4.74 Å². The zero-order valence-electron chi connectivity index (χ0n) is 17.5. The third-order valence-corrected chi connectivity index (χ3v) is 5.13. The van der Waals surface area contributed by atoms with Crippen molar-refractivity contribution in [1.29, 1.82) is 0 Å². The second-order valence-corrected chi connectivity index (χ2v) is 7.22. The topological polar surface area (TPSA) is 89.0 Å². The van der Waals surface area contributed by atoms with Crippen LogP contribution in [0.2, 0.25) is 0 Å². The number of methoxy groups -OCH3 is 1. The first-order valence-corrected chi connectivity index (χ1v) is 9.97. The van der Waals surface area contributed by atoms with Gasteiger partial charge in [0, 0.05) is 17.9 Å². The highest BCUT2D eigenvalue weighted by Gasteiger charge is 2.17. The number of nitrogens with one attached hydrogen (secondary N) is 2. The molecule has 1 heterocycles. The number of ether oxygens (including phenoxy) is 2. The molecule has 2 aromatic rings. The number of carbonyl (C=O) groups excluding carboxylic acids is 2. The molecule has 1 saturated heterocycles. The molecule has 0 radical (unpaired) electrons. The first kappa shape index (κ1) is 21.5. The number of nitrogens with zero attached hydrogens (tertiary/aromatic N) is 1. The summed E-state index contributed by atoms with van der Waals surface area (Å²) in [7, 11) is 1.32. The van der Waals surface area contributed by atoms with Crippen LogP contribution in [0.15, 0.2) is 47.5 Å².